The molecule has 0 bridgehead atoms. The predicted molar refractivity (Wildman–Crippen MR) is 69.1 cm³/mol. The first kappa shape index (κ1) is 13.2. The number of amides is 2. The number of thiazole rings is 1. The van der Waals surface area contributed by atoms with Gasteiger partial charge in [-0.25, -0.2) is 4.98 Å². The molecule has 0 aliphatic carbocycles. The number of carbonyl (C=O) groups is 2. The average Bonchev–Trinajstić information content (AvgIpc) is 2.86. The lowest BCUT2D eigenvalue weighted by Gasteiger charge is -2.13. The topological polar surface area (TPSA) is 62.3 Å². The zero-order chi connectivity index (χ0) is 13.1. The van der Waals surface area contributed by atoms with Gasteiger partial charge in [0.05, 0.1) is 23.2 Å². The summed E-state index contributed by atoms with van der Waals surface area (Å²) < 4.78 is 0. The maximum absolute atomic E-state index is 12.0. The molecule has 6 heteroatoms. The number of likely N-dealkylation sites (tertiary alicyclic amines) is 1. The SMILES string of the molecule is CCCN1C(=O)CC(NCc2csc(C)n2)C1=O. The molecule has 1 unspecified atom stereocenters. The number of hydrogen-bond acceptors (Lipinski definition) is 5. The van der Waals surface area contributed by atoms with E-state index in [1.807, 2.05) is 19.2 Å². The third-order valence-corrected chi connectivity index (χ3v) is 3.71. The van der Waals surface area contributed by atoms with E-state index in [1.165, 1.54) is 4.90 Å². The van der Waals surface area contributed by atoms with Crippen LogP contribution in [0.3, 0.4) is 0 Å². The Kier molecular flexibility index (Phi) is 4.08. The van der Waals surface area contributed by atoms with Crippen molar-refractivity contribution in [2.75, 3.05) is 6.54 Å². The smallest absolute Gasteiger partial charge is 0.246 e. The fraction of sp³-hybridized carbons (Fsp3) is 0.583. The van der Waals surface area contributed by atoms with Gasteiger partial charge < -0.3 is 0 Å². The van der Waals surface area contributed by atoms with Crippen molar-refractivity contribution < 1.29 is 9.59 Å². The number of nitrogens with one attached hydrogen (secondary N) is 1. The highest BCUT2D eigenvalue weighted by molar-refractivity contribution is 7.09. The van der Waals surface area contributed by atoms with Gasteiger partial charge in [-0.2, -0.15) is 0 Å². The number of nitrogens with zero attached hydrogens (tertiary/aromatic N) is 2. The van der Waals surface area contributed by atoms with Gasteiger partial charge in [-0.1, -0.05) is 6.92 Å². The van der Waals surface area contributed by atoms with E-state index in [4.69, 9.17) is 0 Å². The summed E-state index contributed by atoms with van der Waals surface area (Å²) in [5.41, 5.74) is 0.923. The lowest BCUT2D eigenvalue weighted by Crippen LogP contribution is -2.38. The number of aromatic nitrogens is 1. The van der Waals surface area contributed by atoms with Crippen molar-refractivity contribution in [3.63, 3.8) is 0 Å². The van der Waals surface area contributed by atoms with Gasteiger partial charge in [0, 0.05) is 18.5 Å². The molecule has 1 N–H and O–H groups in total. The van der Waals surface area contributed by atoms with Gasteiger partial charge in [0.2, 0.25) is 11.8 Å². The fourth-order valence-corrected chi connectivity index (χ4v) is 2.63. The van der Waals surface area contributed by atoms with Gasteiger partial charge >= 0.3 is 0 Å². The molecule has 2 amide bonds. The van der Waals surface area contributed by atoms with Crippen molar-refractivity contribution in [1.82, 2.24) is 15.2 Å². The number of rotatable bonds is 5. The van der Waals surface area contributed by atoms with Crippen LogP contribution >= 0.6 is 11.3 Å². The minimum absolute atomic E-state index is 0.0752. The third-order valence-electron chi connectivity index (χ3n) is 2.89. The molecule has 18 heavy (non-hydrogen) atoms. The molecule has 0 radical (unpaired) electrons. The summed E-state index contributed by atoms with van der Waals surface area (Å²) in [7, 11) is 0. The summed E-state index contributed by atoms with van der Waals surface area (Å²) >= 11 is 1.58. The molecule has 1 aliphatic heterocycles. The summed E-state index contributed by atoms with van der Waals surface area (Å²) in [5.74, 6) is -0.178. The summed E-state index contributed by atoms with van der Waals surface area (Å²) in [4.78, 5) is 29.3. The van der Waals surface area contributed by atoms with Crippen molar-refractivity contribution in [3.8, 4) is 0 Å². The minimum atomic E-state index is -0.383. The van der Waals surface area contributed by atoms with Crippen LogP contribution in [0.5, 0.6) is 0 Å². The first-order valence-corrected chi connectivity index (χ1v) is 6.98. The normalized spacial score (nSPS) is 19.9. The Hall–Kier alpha value is -1.27. The highest BCUT2D eigenvalue weighted by Crippen LogP contribution is 2.14. The Morgan fingerprint density at radius 1 is 1.56 bits per heavy atom. The van der Waals surface area contributed by atoms with Crippen LogP contribution in [0.4, 0.5) is 0 Å². The molecular weight excluding hydrogens is 250 g/mol. The lowest BCUT2D eigenvalue weighted by molar-refractivity contribution is -0.138. The highest BCUT2D eigenvalue weighted by atomic mass is 32.1. The summed E-state index contributed by atoms with van der Waals surface area (Å²) in [6.45, 7) is 4.96. The number of aryl methyl sites for hydroxylation is 1. The van der Waals surface area contributed by atoms with Crippen LogP contribution in [0.25, 0.3) is 0 Å². The van der Waals surface area contributed by atoms with Gasteiger partial charge in [-0.3, -0.25) is 19.8 Å². The molecule has 1 aromatic heterocycles. The van der Waals surface area contributed by atoms with Gasteiger partial charge in [-0.15, -0.1) is 11.3 Å². The van der Waals surface area contributed by atoms with Crippen LogP contribution in [0.1, 0.15) is 30.5 Å². The zero-order valence-electron chi connectivity index (χ0n) is 10.6. The predicted octanol–water partition coefficient (Wildman–Crippen LogP) is 1.08. The molecule has 1 atom stereocenters. The van der Waals surface area contributed by atoms with Crippen molar-refractivity contribution in [1.29, 1.82) is 0 Å². The second-order valence-corrected chi connectivity index (χ2v) is 5.44. The van der Waals surface area contributed by atoms with Crippen LogP contribution < -0.4 is 5.32 Å². The molecule has 98 valence electrons. The third kappa shape index (κ3) is 2.76. The quantitative estimate of drug-likeness (QED) is 0.811. The second-order valence-electron chi connectivity index (χ2n) is 4.38. The van der Waals surface area contributed by atoms with E-state index < -0.39 is 0 Å². The van der Waals surface area contributed by atoms with Gasteiger partial charge in [0.15, 0.2) is 0 Å². The monoisotopic (exact) mass is 267 g/mol. The van der Waals surface area contributed by atoms with Crippen LogP contribution in [0.2, 0.25) is 0 Å². The Balaban J connectivity index is 1.91. The summed E-state index contributed by atoms with van der Waals surface area (Å²) in [6.07, 6.45) is 1.07. The van der Waals surface area contributed by atoms with Gasteiger partial charge in [0.1, 0.15) is 0 Å². The summed E-state index contributed by atoms with van der Waals surface area (Å²) in [5, 5.41) is 6.09. The average molecular weight is 267 g/mol. The Bertz CT molecular complexity index is 458. The number of hydrogen-bond donors (Lipinski definition) is 1. The van der Waals surface area contributed by atoms with Crippen LogP contribution in [-0.4, -0.2) is 34.3 Å². The van der Waals surface area contributed by atoms with E-state index in [0.717, 1.165) is 17.1 Å². The van der Waals surface area contributed by atoms with E-state index in [1.54, 1.807) is 11.3 Å². The lowest BCUT2D eigenvalue weighted by atomic mass is 10.2. The maximum atomic E-state index is 12.0. The molecule has 1 aromatic rings. The maximum Gasteiger partial charge on any atom is 0.246 e. The molecule has 0 aromatic carbocycles. The van der Waals surface area contributed by atoms with E-state index >= 15 is 0 Å². The molecule has 2 heterocycles. The molecule has 5 nitrogen and oxygen atoms in total. The number of imide groups is 1. The standard InChI is InChI=1S/C12H17N3O2S/c1-3-4-15-11(16)5-10(12(15)17)13-6-9-7-18-8(2)14-9/h7,10,13H,3-6H2,1-2H3. The molecule has 1 saturated heterocycles. The Morgan fingerprint density at radius 2 is 2.33 bits per heavy atom. The molecule has 1 fully saturated rings. The van der Waals surface area contributed by atoms with Crippen molar-refractivity contribution >= 4 is 23.2 Å². The zero-order valence-corrected chi connectivity index (χ0v) is 11.4. The van der Waals surface area contributed by atoms with E-state index in [0.29, 0.717) is 13.1 Å². The van der Waals surface area contributed by atoms with Gasteiger partial charge in [0.25, 0.3) is 0 Å². The van der Waals surface area contributed by atoms with E-state index in [-0.39, 0.29) is 24.3 Å². The Morgan fingerprint density at radius 3 is 2.94 bits per heavy atom. The first-order chi connectivity index (χ1) is 8.61. The first-order valence-electron chi connectivity index (χ1n) is 6.10. The van der Waals surface area contributed by atoms with Crippen molar-refractivity contribution in [2.45, 2.75) is 39.3 Å². The molecule has 1 aliphatic rings. The van der Waals surface area contributed by atoms with E-state index in [9.17, 15) is 9.59 Å². The Labute approximate surface area is 110 Å². The van der Waals surface area contributed by atoms with Crippen LogP contribution in [0.15, 0.2) is 5.38 Å². The molecule has 2 rings (SSSR count). The van der Waals surface area contributed by atoms with Crippen LogP contribution in [-0.2, 0) is 16.1 Å². The molecule has 0 spiro atoms. The molecule has 0 saturated carbocycles. The van der Waals surface area contributed by atoms with E-state index in [2.05, 4.69) is 10.3 Å². The van der Waals surface area contributed by atoms with Crippen molar-refractivity contribution in [3.05, 3.63) is 16.1 Å². The van der Waals surface area contributed by atoms with Gasteiger partial charge in [-0.05, 0) is 13.3 Å². The van der Waals surface area contributed by atoms with Crippen LogP contribution in [0, 0.1) is 6.92 Å². The largest absolute Gasteiger partial charge is 0.300 e. The highest BCUT2D eigenvalue weighted by Gasteiger charge is 2.37. The number of carbonyl (C=O) groups excluding carboxylic acids is 2. The van der Waals surface area contributed by atoms with Crippen molar-refractivity contribution in [2.24, 2.45) is 0 Å². The summed E-state index contributed by atoms with van der Waals surface area (Å²) in [6, 6.07) is -0.383. The molecular formula is C12H17N3O2S. The second kappa shape index (κ2) is 5.58. The fourth-order valence-electron chi connectivity index (χ4n) is 2.02. The minimum Gasteiger partial charge on any atom is -0.300 e.